The van der Waals surface area contributed by atoms with E-state index in [1.807, 2.05) is 33.8 Å². The van der Waals surface area contributed by atoms with Crippen molar-refractivity contribution in [3.05, 3.63) is 39.8 Å². The van der Waals surface area contributed by atoms with Gasteiger partial charge in [0.05, 0.1) is 23.7 Å². The van der Waals surface area contributed by atoms with E-state index in [4.69, 9.17) is 22.1 Å². The maximum atomic E-state index is 11.3. The lowest BCUT2D eigenvalue weighted by Crippen LogP contribution is -2.48. The van der Waals surface area contributed by atoms with Gasteiger partial charge in [-0.05, 0) is 39.3 Å². The number of carboxylic acid groups (broad SMARTS) is 1. The summed E-state index contributed by atoms with van der Waals surface area (Å²) in [6.07, 6.45) is 0.506. The number of nitrogen functional groups attached to an aromatic ring is 1. The molecule has 1 aliphatic heterocycles. The van der Waals surface area contributed by atoms with Crippen molar-refractivity contribution in [3.8, 4) is 5.75 Å². The summed E-state index contributed by atoms with van der Waals surface area (Å²) in [6, 6.07) is 1.65. The molecule has 2 aromatic heterocycles. The van der Waals surface area contributed by atoms with E-state index < -0.39 is 6.09 Å². The number of halogens is 1. The van der Waals surface area contributed by atoms with Crippen molar-refractivity contribution in [2.75, 3.05) is 25.4 Å². The summed E-state index contributed by atoms with van der Waals surface area (Å²) >= 11 is 6.63. The molecule has 164 valence electrons. The molecule has 0 spiro atoms. The Labute approximate surface area is 184 Å². The second-order valence-electron chi connectivity index (χ2n) is 7.80. The number of aromatic nitrogens is 4. The molecule has 3 heterocycles. The molecule has 0 radical (unpaired) electrons. The Bertz CT molecular complexity index is 1170. The topological polar surface area (TPSA) is 119 Å². The van der Waals surface area contributed by atoms with E-state index in [2.05, 4.69) is 15.1 Å². The van der Waals surface area contributed by atoms with Crippen molar-refractivity contribution >= 4 is 34.5 Å². The molecule has 3 N–H and O–H groups in total. The minimum Gasteiger partial charge on any atom is -0.493 e. The molecule has 10 heteroatoms. The molecule has 9 nitrogen and oxygen atoms in total. The highest BCUT2D eigenvalue weighted by molar-refractivity contribution is 6.31. The van der Waals surface area contributed by atoms with Crippen molar-refractivity contribution in [1.82, 2.24) is 24.6 Å². The van der Waals surface area contributed by atoms with Gasteiger partial charge in [-0.2, -0.15) is 5.10 Å². The Balaban J connectivity index is 1.85. The molecular formula is C21H25ClN6O3. The summed E-state index contributed by atoms with van der Waals surface area (Å²) in [5.74, 6) is 1.14. The number of ether oxygens (including phenoxy) is 1. The van der Waals surface area contributed by atoms with Crippen LogP contribution in [0.4, 0.5) is 10.6 Å². The molecule has 31 heavy (non-hydrogen) atoms. The molecule has 4 rings (SSSR count). The summed E-state index contributed by atoms with van der Waals surface area (Å²) in [4.78, 5) is 21.1. The average Bonchev–Trinajstić information content (AvgIpc) is 3.02. The molecule has 1 amide bonds. The number of amides is 1. The van der Waals surface area contributed by atoms with Crippen LogP contribution < -0.4 is 10.5 Å². The van der Waals surface area contributed by atoms with Crippen LogP contribution in [0.5, 0.6) is 5.75 Å². The molecule has 3 aromatic rings. The lowest BCUT2D eigenvalue weighted by atomic mass is 9.85. The van der Waals surface area contributed by atoms with Crippen LogP contribution in [0.1, 0.15) is 48.2 Å². The Morgan fingerprint density at radius 1 is 1.39 bits per heavy atom. The number of likely N-dealkylation sites (tertiary alicyclic amines) is 1. The summed E-state index contributed by atoms with van der Waals surface area (Å²) in [5.41, 5.74) is 10.2. The SMILES string of the molecule is CCOc1c(C(C)n2nc(C)c3c(N)ncnc32)cc(Cl)c(C)c1C1CN(C(=O)O)C1. The molecular weight excluding hydrogens is 420 g/mol. The second-order valence-corrected chi connectivity index (χ2v) is 8.20. The zero-order valence-electron chi connectivity index (χ0n) is 17.9. The fourth-order valence-electron chi connectivity index (χ4n) is 4.26. The lowest BCUT2D eigenvalue weighted by molar-refractivity contribution is 0.104. The number of anilines is 1. The Morgan fingerprint density at radius 3 is 2.74 bits per heavy atom. The van der Waals surface area contributed by atoms with E-state index in [-0.39, 0.29) is 12.0 Å². The first-order valence-corrected chi connectivity index (χ1v) is 10.5. The number of hydrogen-bond donors (Lipinski definition) is 2. The van der Waals surface area contributed by atoms with Gasteiger partial charge < -0.3 is 20.5 Å². The van der Waals surface area contributed by atoms with Crippen molar-refractivity contribution in [2.45, 2.75) is 39.7 Å². The number of aryl methyl sites for hydroxylation is 1. The van der Waals surface area contributed by atoms with Crippen LogP contribution in [0, 0.1) is 13.8 Å². The van der Waals surface area contributed by atoms with Gasteiger partial charge in [-0.1, -0.05) is 11.6 Å². The average molecular weight is 445 g/mol. The van der Waals surface area contributed by atoms with Crippen molar-refractivity contribution in [1.29, 1.82) is 0 Å². The number of hydrogen-bond acceptors (Lipinski definition) is 6. The van der Waals surface area contributed by atoms with Gasteiger partial charge in [-0.25, -0.2) is 19.4 Å². The predicted molar refractivity (Wildman–Crippen MR) is 118 cm³/mol. The highest BCUT2D eigenvalue weighted by Crippen LogP contribution is 2.44. The summed E-state index contributed by atoms with van der Waals surface area (Å²) < 4.78 is 7.92. The molecule has 1 saturated heterocycles. The normalized spacial score (nSPS) is 15.2. The monoisotopic (exact) mass is 444 g/mol. The van der Waals surface area contributed by atoms with Crippen LogP contribution in [0.15, 0.2) is 12.4 Å². The molecule has 1 aromatic carbocycles. The van der Waals surface area contributed by atoms with E-state index in [0.29, 0.717) is 36.2 Å². The summed E-state index contributed by atoms with van der Waals surface area (Å²) in [5, 5.41) is 15.3. The summed E-state index contributed by atoms with van der Waals surface area (Å²) in [6.45, 7) is 9.04. The van der Waals surface area contributed by atoms with Gasteiger partial charge in [0.2, 0.25) is 0 Å². The van der Waals surface area contributed by atoms with Gasteiger partial charge in [0.1, 0.15) is 17.9 Å². The van der Waals surface area contributed by atoms with E-state index in [1.54, 1.807) is 4.68 Å². The van der Waals surface area contributed by atoms with E-state index in [1.165, 1.54) is 11.2 Å². The molecule has 0 bridgehead atoms. The number of benzene rings is 1. The second kappa shape index (κ2) is 7.88. The highest BCUT2D eigenvalue weighted by Gasteiger charge is 2.36. The molecule has 1 unspecified atom stereocenters. The van der Waals surface area contributed by atoms with Crippen LogP contribution in [0.25, 0.3) is 11.0 Å². The molecule has 1 fully saturated rings. The smallest absolute Gasteiger partial charge is 0.407 e. The first kappa shape index (κ1) is 21.2. The largest absolute Gasteiger partial charge is 0.493 e. The summed E-state index contributed by atoms with van der Waals surface area (Å²) in [7, 11) is 0. The van der Waals surface area contributed by atoms with Gasteiger partial charge in [0.25, 0.3) is 0 Å². The first-order valence-electron chi connectivity index (χ1n) is 10.1. The fraction of sp³-hybridized carbons (Fsp3) is 0.429. The number of rotatable bonds is 5. The van der Waals surface area contributed by atoms with Crippen LogP contribution in [-0.4, -0.2) is 55.5 Å². The van der Waals surface area contributed by atoms with Crippen LogP contribution in [-0.2, 0) is 0 Å². The quantitative estimate of drug-likeness (QED) is 0.614. The minimum atomic E-state index is -0.918. The lowest BCUT2D eigenvalue weighted by Gasteiger charge is -2.39. The third-order valence-corrected chi connectivity index (χ3v) is 6.30. The zero-order chi connectivity index (χ0) is 22.4. The Morgan fingerprint density at radius 2 is 2.10 bits per heavy atom. The number of nitrogens with two attached hydrogens (primary N) is 1. The Kier molecular flexibility index (Phi) is 5.38. The van der Waals surface area contributed by atoms with Crippen LogP contribution in [0.3, 0.4) is 0 Å². The first-order chi connectivity index (χ1) is 14.7. The predicted octanol–water partition coefficient (Wildman–Crippen LogP) is 3.76. The van der Waals surface area contributed by atoms with Gasteiger partial charge in [-0.3, -0.25) is 0 Å². The van der Waals surface area contributed by atoms with E-state index in [9.17, 15) is 9.90 Å². The maximum Gasteiger partial charge on any atom is 0.407 e. The zero-order valence-corrected chi connectivity index (χ0v) is 18.6. The van der Waals surface area contributed by atoms with Crippen LogP contribution in [0.2, 0.25) is 5.02 Å². The Hall–Kier alpha value is -3.07. The van der Waals surface area contributed by atoms with E-state index in [0.717, 1.165) is 33.5 Å². The third kappa shape index (κ3) is 3.42. The standard InChI is InChI=1S/C21H25ClN6O3/c1-5-31-18-14(6-15(22)10(2)16(18)13-7-27(8-13)21(29)30)12(4)28-20-17(11(3)26-28)19(23)24-9-25-20/h6,9,12-13H,5,7-8H2,1-4H3,(H,29,30)(H2,23,24,25). The van der Waals surface area contributed by atoms with Gasteiger partial charge in [0.15, 0.2) is 5.65 Å². The molecule has 1 atom stereocenters. The van der Waals surface area contributed by atoms with E-state index >= 15 is 0 Å². The third-order valence-electron chi connectivity index (χ3n) is 5.91. The number of nitrogens with zero attached hydrogens (tertiary/aromatic N) is 5. The molecule has 1 aliphatic rings. The van der Waals surface area contributed by atoms with Gasteiger partial charge in [0, 0.05) is 35.2 Å². The van der Waals surface area contributed by atoms with Crippen molar-refractivity contribution in [3.63, 3.8) is 0 Å². The molecule has 0 saturated carbocycles. The van der Waals surface area contributed by atoms with Crippen molar-refractivity contribution in [2.24, 2.45) is 0 Å². The highest BCUT2D eigenvalue weighted by atomic mass is 35.5. The maximum absolute atomic E-state index is 11.3. The molecule has 0 aliphatic carbocycles. The number of fused-ring (bicyclic) bond motifs is 1. The van der Waals surface area contributed by atoms with Gasteiger partial charge in [-0.15, -0.1) is 0 Å². The minimum absolute atomic E-state index is 0.0244. The number of carbonyl (C=O) groups is 1. The van der Waals surface area contributed by atoms with Crippen molar-refractivity contribution < 1.29 is 14.6 Å². The fourth-order valence-corrected chi connectivity index (χ4v) is 4.48. The van der Waals surface area contributed by atoms with Crippen LogP contribution >= 0.6 is 11.6 Å². The van der Waals surface area contributed by atoms with Gasteiger partial charge >= 0.3 is 6.09 Å².